The highest BCUT2D eigenvalue weighted by atomic mass is 19.1. The highest BCUT2D eigenvalue weighted by molar-refractivity contribution is 5.90. The molecular weight excluding hydrogens is 297 g/mol. The molecule has 3 atom stereocenters. The van der Waals surface area contributed by atoms with Gasteiger partial charge in [-0.2, -0.15) is 0 Å². The van der Waals surface area contributed by atoms with Crippen LogP contribution in [0.3, 0.4) is 0 Å². The third-order valence-electron chi connectivity index (χ3n) is 4.64. The molecule has 0 spiro atoms. The molecule has 6 heteroatoms. The van der Waals surface area contributed by atoms with Gasteiger partial charge in [-0.15, -0.1) is 0 Å². The first-order chi connectivity index (χ1) is 11.2. The second-order valence-corrected chi connectivity index (χ2v) is 6.33. The molecule has 0 radical (unpaired) electrons. The van der Waals surface area contributed by atoms with Crippen molar-refractivity contribution < 1.29 is 13.6 Å². The second-order valence-electron chi connectivity index (χ2n) is 6.33. The van der Waals surface area contributed by atoms with Crippen LogP contribution in [0.5, 0.6) is 0 Å². The van der Waals surface area contributed by atoms with Crippen molar-refractivity contribution in [1.82, 2.24) is 15.2 Å². The monoisotopic (exact) mass is 315 g/mol. The van der Waals surface area contributed by atoms with Crippen LogP contribution in [0.15, 0.2) is 34.9 Å². The lowest BCUT2D eigenvalue weighted by molar-refractivity contribution is 0.0875. The highest BCUT2D eigenvalue weighted by Gasteiger charge is 2.33. The van der Waals surface area contributed by atoms with Crippen molar-refractivity contribution in [2.45, 2.75) is 18.9 Å². The molecule has 2 aliphatic rings. The Morgan fingerprint density at radius 1 is 1.35 bits per heavy atom. The molecule has 1 amide bonds. The molecule has 120 valence electrons. The number of piperidine rings is 1. The van der Waals surface area contributed by atoms with Gasteiger partial charge in [0, 0.05) is 19.1 Å². The smallest absolute Gasteiger partial charge is 0.307 e. The van der Waals surface area contributed by atoms with E-state index in [-0.39, 0.29) is 23.6 Å². The van der Waals surface area contributed by atoms with Crippen LogP contribution in [-0.2, 0) is 0 Å². The fourth-order valence-corrected chi connectivity index (χ4v) is 3.58. The van der Waals surface area contributed by atoms with Crippen molar-refractivity contribution in [2.75, 3.05) is 19.6 Å². The summed E-state index contributed by atoms with van der Waals surface area (Å²) in [5.41, 5.74) is 0.306. The van der Waals surface area contributed by atoms with Crippen LogP contribution in [0.25, 0.3) is 11.3 Å². The van der Waals surface area contributed by atoms with Crippen LogP contribution < -0.4 is 5.32 Å². The summed E-state index contributed by atoms with van der Waals surface area (Å²) in [6.07, 6.45) is 3.60. The number of rotatable bonds is 3. The number of carbonyl (C=O) groups is 1. The van der Waals surface area contributed by atoms with Gasteiger partial charge in [-0.1, -0.05) is 12.1 Å². The lowest BCUT2D eigenvalue weighted by atomic mass is 9.97. The number of oxazole rings is 1. The van der Waals surface area contributed by atoms with Crippen LogP contribution in [-0.4, -0.2) is 41.5 Å². The largest absolute Gasteiger partial charge is 0.432 e. The third-order valence-corrected chi connectivity index (χ3v) is 4.64. The molecule has 1 aromatic carbocycles. The Kier molecular flexibility index (Phi) is 3.61. The van der Waals surface area contributed by atoms with Crippen LogP contribution in [0.4, 0.5) is 4.39 Å². The van der Waals surface area contributed by atoms with Crippen molar-refractivity contribution >= 4 is 5.91 Å². The molecule has 23 heavy (non-hydrogen) atoms. The standard InChI is InChI=1S/C17H18FN3O2/c18-14-4-2-1-3-13(14)15-8-19-17(23-15)16(22)20-12-7-11-5-6-21(9-11)10-12/h1-4,8,11-12H,5-7,9-10H2,(H,20,22)/t11-,12+/m0/s1. The minimum Gasteiger partial charge on any atom is -0.432 e. The summed E-state index contributed by atoms with van der Waals surface area (Å²) in [4.78, 5) is 18.7. The van der Waals surface area contributed by atoms with Crippen LogP contribution >= 0.6 is 0 Å². The van der Waals surface area contributed by atoms with Gasteiger partial charge in [0.2, 0.25) is 0 Å². The zero-order valence-electron chi connectivity index (χ0n) is 12.7. The van der Waals surface area contributed by atoms with Crippen LogP contribution in [0, 0.1) is 11.7 Å². The van der Waals surface area contributed by atoms with Gasteiger partial charge in [0.1, 0.15) is 5.82 Å². The molecule has 1 aromatic heterocycles. The van der Waals surface area contributed by atoms with Gasteiger partial charge in [-0.05, 0) is 37.4 Å². The summed E-state index contributed by atoms with van der Waals surface area (Å²) in [6, 6.07) is 6.41. The number of nitrogens with one attached hydrogen (secondary N) is 1. The minimum absolute atomic E-state index is 0.0174. The zero-order valence-corrected chi connectivity index (χ0v) is 12.7. The molecule has 2 bridgehead atoms. The van der Waals surface area contributed by atoms with E-state index >= 15 is 0 Å². The maximum Gasteiger partial charge on any atom is 0.307 e. The van der Waals surface area contributed by atoms with E-state index in [1.165, 1.54) is 18.7 Å². The summed E-state index contributed by atoms with van der Waals surface area (Å²) in [5, 5.41) is 2.98. The van der Waals surface area contributed by atoms with Gasteiger partial charge >= 0.3 is 5.91 Å². The first-order valence-corrected chi connectivity index (χ1v) is 7.93. The van der Waals surface area contributed by atoms with Crippen molar-refractivity contribution in [3.63, 3.8) is 0 Å². The molecule has 2 saturated heterocycles. The summed E-state index contributed by atoms with van der Waals surface area (Å²) in [6.45, 7) is 3.14. The molecule has 3 heterocycles. The number of halogens is 1. The van der Waals surface area contributed by atoms with Crippen molar-refractivity contribution in [1.29, 1.82) is 0 Å². The Bertz CT molecular complexity index is 718. The van der Waals surface area contributed by atoms with Gasteiger partial charge in [0.15, 0.2) is 5.76 Å². The number of aromatic nitrogens is 1. The zero-order chi connectivity index (χ0) is 15.8. The van der Waals surface area contributed by atoms with Gasteiger partial charge in [-0.25, -0.2) is 9.37 Å². The fourth-order valence-electron chi connectivity index (χ4n) is 3.58. The second kappa shape index (κ2) is 5.77. The molecular formula is C17H18FN3O2. The van der Waals surface area contributed by atoms with Crippen molar-refractivity contribution in [2.24, 2.45) is 5.92 Å². The Labute approximate surface area is 133 Å². The number of amides is 1. The molecule has 1 unspecified atom stereocenters. The predicted molar refractivity (Wildman–Crippen MR) is 82.3 cm³/mol. The molecule has 0 saturated carbocycles. The van der Waals surface area contributed by atoms with E-state index in [9.17, 15) is 9.18 Å². The Balaban J connectivity index is 1.46. The molecule has 0 aliphatic carbocycles. The first kappa shape index (κ1) is 14.4. The first-order valence-electron chi connectivity index (χ1n) is 7.93. The number of fused-ring (bicyclic) bond motifs is 2. The van der Waals surface area contributed by atoms with Gasteiger partial charge in [0.25, 0.3) is 5.89 Å². The average molecular weight is 315 g/mol. The molecule has 2 aliphatic heterocycles. The molecule has 4 rings (SSSR count). The quantitative estimate of drug-likeness (QED) is 0.944. The van der Waals surface area contributed by atoms with Crippen molar-refractivity contribution in [3.8, 4) is 11.3 Å². The normalized spacial score (nSPS) is 26.2. The Morgan fingerprint density at radius 2 is 2.22 bits per heavy atom. The molecule has 2 aromatic rings. The lowest BCUT2D eigenvalue weighted by Gasteiger charge is -2.30. The van der Waals surface area contributed by atoms with E-state index < -0.39 is 5.82 Å². The average Bonchev–Trinajstić information content (AvgIpc) is 3.15. The van der Waals surface area contributed by atoms with E-state index in [0.717, 1.165) is 26.1 Å². The molecule has 1 N–H and O–H groups in total. The Hall–Kier alpha value is -2.21. The van der Waals surface area contributed by atoms with E-state index in [4.69, 9.17) is 4.42 Å². The van der Waals surface area contributed by atoms with Gasteiger partial charge in [-0.3, -0.25) is 4.79 Å². The molecule has 5 nitrogen and oxygen atoms in total. The SMILES string of the molecule is O=C(N[C@@H]1C[C@@H]2CCN(C2)C1)c1ncc(-c2ccccc2F)o1. The van der Waals surface area contributed by atoms with Crippen molar-refractivity contribution in [3.05, 3.63) is 42.2 Å². The van der Waals surface area contributed by atoms with E-state index in [1.54, 1.807) is 18.2 Å². The summed E-state index contributed by atoms with van der Waals surface area (Å²) >= 11 is 0. The van der Waals surface area contributed by atoms with E-state index in [0.29, 0.717) is 11.5 Å². The highest BCUT2D eigenvalue weighted by Crippen LogP contribution is 2.27. The lowest BCUT2D eigenvalue weighted by Crippen LogP contribution is -2.47. The predicted octanol–water partition coefficient (Wildman–Crippen LogP) is 2.30. The third kappa shape index (κ3) is 2.86. The number of hydrogen-bond donors (Lipinski definition) is 1. The molecule has 2 fully saturated rings. The summed E-state index contributed by atoms with van der Waals surface area (Å²) in [7, 11) is 0. The fraction of sp³-hybridized carbons (Fsp3) is 0.412. The number of nitrogens with zero attached hydrogens (tertiary/aromatic N) is 2. The maximum absolute atomic E-state index is 13.8. The van der Waals surface area contributed by atoms with Gasteiger partial charge in [0.05, 0.1) is 11.8 Å². The summed E-state index contributed by atoms with van der Waals surface area (Å²) in [5.74, 6) is 0.192. The van der Waals surface area contributed by atoms with E-state index in [1.807, 2.05) is 0 Å². The topological polar surface area (TPSA) is 58.4 Å². The maximum atomic E-state index is 13.8. The summed E-state index contributed by atoms with van der Waals surface area (Å²) < 4.78 is 19.2. The van der Waals surface area contributed by atoms with Crippen LogP contribution in [0.2, 0.25) is 0 Å². The number of hydrogen-bond acceptors (Lipinski definition) is 4. The van der Waals surface area contributed by atoms with Gasteiger partial charge < -0.3 is 14.6 Å². The van der Waals surface area contributed by atoms with E-state index in [2.05, 4.69) is 15.2 Å². The Morgan fingerprint density at radius 3 is 3.04 bits per heavy atom. The van der Waals surface area contributed by atoms with Crippen LogP contribution in [0.1, 0.15) is 23.5 Å². The number of benzene rings is 1. The number of carbonyl (C=O) groups excluding carboxylic acids is 1. The minimum atomic E-state index is -0.396.